The van der Waals surface area contributed by atoms with E-state index < -0.39 is 26.1 Å². The van der Waals surface area contributed by atoms with Crippen LogP contribution in [0.1, 0.15) is 65.0 Å². The van der Waals surface area contributed by atoms with Crippen molar-refractivity contribution < 1.29 is 38.0 Å². The summed E-state index contributed by atoms with van der Waals surface area (Å²) in [5, 5.41) is 9.70. The van der Waals surface area contributed by atoms with Crippen molar-refractivity contribution in [2.45, 2.75) is 127 Å². The quantitative estimate of drug-likeness (QED) is 0.0778. The van der Waals surface area contributed by atoms with Gasteiger partial charge in [0.05, 0.1) is 44.2 Å². The summed E-state index contributed by atoms with van der Waals surface area (Å²) in [6, 6.07) is 20.3. The van der Waals surface area contributed by atoms with E-state index in [1.807, 2.05) is 49.4 Å². The van der Waals surface area contributed by atoms with E-state index in [0.717, 1.165) is 22.3 Å². The van der Waals surface area contributed by atoms with Gasteiger partial charge in [0.2, 0.25) is 0 Å². The molecular weight excluding hydrogens is 637 g/mol. The van der Waals surface area contributed by atoms with Gasteiger partial charge in [-0.2, -0.15) is 0 Å². The number of rotatable bonds is 17. The summed E-state index contributed by atoms with van der Waals surface area (Å²) in [5.41, 5.74) is 3.03. The molecule has 0 spiro atoms. The summed E-state index contributed by atoms with van der Waals surface area (Å²) in [5.74, 6) is 0. The van der Waals surface area contributed by atoms with E-state index in [2.05, 4.69) is 71.6 Å². The van der Waals surface area contributed by atoms with Gasteiger partial charge in [0, 0.05) is 26.6 Å². The highest BCUT2D eigenvalue weighted by molar-refractivity contribution is 6.74. The first kappa shape index (κ1) is 39.6. The largest absolute Gasteiger partial charge is 0.411 e. The average molecular weight is 697 g/mol. The van der Waals surface area contributed by atoms with Crippen LogP contribution in [0.4, 0.5) is 0 Å². The molecule has 2 heterocycles. The maximum atomic E-state index is 9.69. The second-order valence-corrected chi connectivity index (χ2v) is 20.0. The van der Waals surface area contributed by atoms with Crippen molar-refractivity contribution in [3.63, 3.8) is 0 Å². The van der Waals surface area contributed by atoms with E-state index in [1.165, 1.54) is 0 Å². The molecule has 2 aliphatic heterocycles. The Balaban J connectivity index is 1.66. The third-order valence-corrected chi connectivity index (χ3v) is 14.7. The molecule has 8 nitrogen and oxygen atoms in total. The molecule has 0 aliphatic carbocycles. The van der Waals surface area contributed by atoms with Crippen LogP contribution in [0, 0.1) is 0 Å². The Morgan fingerprint density at radius 3 is 2.22 bits per heavy atom. The van der Waals surface area contributed by atoms with Crippen molar-refractivity contribution in [1.29, 1.82) is 0 Å². The van der Waals surface area contributed by atoms with Gasteiger partial charge in [0.15, 0.2) is 8.32 Å². The summed E-state index contributed by atoms with van der Waals surface area (Å²) in [4.78, 5) is 0. The van der Waals surface area contributed by atoms with Crippen molar-refractivity contribution in [1.82, 2.24) is 0 Å². The van der Waals surface area contributed by atoms with Gasteiger partial charge in [0.1, 0.15) is 24.6 Å². The molecule has 7 atom stereocenters. The Bertz CT molecular complexity index is 1330. The van der Waals surface area contributed by atoms with Gasteiger partial charge in [-0.3, -0.25) is 0 Å². The number of hydrogen-bond donors (Lipinski definition) is 1. The van der Waals surface area contributed by atoms with Crippen LogP contribution >= 0.6 is 0 Å². The fraction of sp³-hybridized carbons (Fsp3) is 0.600. The van der Waals surface area contributed by atoms with Crippen molar-refractivity contribution >= 4 is 8.32 Å². The molecule has 0 unspecified atom stereocenters. The summed E-state index contributed by atoms with van der Waals surface area (Å²) in [6.45, 7) is 21.1. The molecule has 272 valence electrons. The summed E-state index contributed by atoms with van der Waals surface area (Å²) >= 11 is 0. The van der Waals surface area contributed by atoms with E-state index in [0.29, 0.717) is 39.1 Å². The van der Waals surface area contributed by atoms with Crippen LogP contribution in [0.25, 0.3) is 0 Å². The molecule has 2 aromatic carbocycles. The zero-order valence-electron chi connectivity index (χ0n) is 31.0. The van der Waals surface area contributed by atoms with Crippen LogP contribution in [0.2, 0.25) is 18.1 Å². The van der Waals surface area contributed by atoms with E-state index >= 15 is 0 Å². The van der Waals surface area contributed by atoms with Crippen LogP contribution in [0.3, 0.4) is 0 Å². The lowest BCUT2D eigenvalue weighted by Crippen LogP contribution is -2.71. The van der Waals surface area contributed by atoms with Gasteiger partial charge in [-0.1, -0.05) is 99.7 Å². The third kappa shape index (κ3) is 10.7. The predicted molar refractivity (Wildman–Crippen MR) is 196 cm³/mol. The number of aliphatic hydroxyl groups excluding tert-OH is 1. The molecule has 0 amide bonds. The molecule has 0 aromatic heterocycles. The lowest BCUT2D eigenvalue weighted by Gasteiger charge is -2.58. The van der Waals surface area contributed by atoms with Crippen LogP contribution < -0.4 is 0 Å². The highest BCUT2D eigenvalue weighted by atomic mass is 28.4. The molecule has 0 bridgehead atoms. The minimum absolute atomic E-state index is 0.00915. The SMILES string of the molecule is C=C(/C=C(\C)CO)C[C@@H]1O[C@@]2(C)[C@H](C[C@H]1O[Si](C)(C)C(C)(C)C)O[C@H](CCOCc1ccccc1)[C@@H](OCc1ccccc1)[C@H]2OCOC. The van der Waals surface area contributed by atoms with Gasteiger partial charge in [-0.05, 0) is 55.1 Å². The number of allylic oxidation sites excluding steroid dienone is 1. The summed E-state index contributed by atoms with van der Waals surface area (Å²) in [6.07, 6.45) is 1.56. The molecule has 0 saturated carbocycles. The number of aliphatic hydroxyl groups is 1. The fourth-order valence-corrected chi connectivity index (χ4v) is 7.81. The topological polar surface area (TPSA) is 84.8 Å². The third-order valence-electron chi connectivity index (χ3n) is 10.2. The molecule has 9 heteroatoms. The number of methoxy groups -OCH3 is 1. The Morgan fingerprint density at radius 2 is 1.63 bits per heavy atom. The maximum absolute atomic E-state index is 9.69. The molecule has 2 aromatic rings. The normalized spacial score (nSPS) is 27.9. The molecule has 0 radical (unpaired) electrons. The van der Waals surface area contributed by atoms with E-state index in [9.17, 15) is 5.11 Å². The Hall–Kier alpha value is -2.18. The van der Waals surface area contributed by atoms with E-state index in [4.69, 9.17) is 32.8 Å². The zero-order chi connectivity index (χ0) is 35.7. The molecule has 49 heavy (non-hydrogen) atoms. The van der Waals surface area contributed by atoms with Crippen LogP contribution in [0.5, 0.6) is 0 Å². The lowest BCUT2D eigenvalue weighted by molar-refractivity contribution is -0.343. The minimum Gasteiger partial charge on any atom is -0.411 e. The molecule has 2 saturated heterocycles. The molecule has 4 rings (SSSR count). The monoisotopic (exact) mass is 696 g/mol. The van der Waals surface area contributed by atoms with Crippen molar-refractivity contribution in [3.05, 3.63) is 95.6 Å². The fourth-order valence-electron chi connectivity index (χ4n) is 6.45. The standard InChI is InChI=1S/C40H60O8Si/c1-29(22-30(2)25-41)23-34-35(48-49(8,9)39(3,4)5)24-36-40(6,47-34)38(45-28-42-7)37(44-27-32-18-14-11-15-19-32)33(46-36)20-21-43-26-31-16-12-10-13-17-31/h10-19,22,33-38,41H,1,20-21,23-28H2,2-9H3/b30-22+/t33-,34+,35-,36+,37-,38-,40+/m1/s1. The first-order valence-electron chi connectivity index (χ1n) is 17.6. The number of ether oxygens (including phenoxy) is 6. The van der Waals surface area contributed by atoms with Gasteiger partial charge >= 0.3 is 0 Å². The second-order valence-electron chi connectivity index (χ2n) is 15.2. The number of fused-ring (bicyclic) bond motifs is 1. The van der Waals surface area contributed by atoms with Gasteiger partial charge in [-0.25, -0.2) is 0 Å². The highest BCUT2D eigenvalue weighted by Gasteiger charge is 2.60. The molecular formula is C40H60O8Si. The molecule has 2 fully saturated rings. The Labute approximate surface area is 295 Å². The van der Waals surface area contributed by atoms with Crippen molar-refractivity contribution in [3.8, 4) is 0 Å². The number of benzene rings is 2. The predicted octanol–water partition coefficient (Wildman–Crippen LogP) is 7.76. The Kier molecular flexibility index (Phi) is 14.4. The summed E-state index contributed by atoms with van der Waals surface area (Å²) < 4.78 is 46.2. The van der Waals surface area contributed by atoms with Crippen LogP contribution in [-0.4, -0.2) is 82.8 Å². The molecule has 1 N–H and O–H groups in total. The first-order chi connectivity index (χ1) is 23.3. The first-order valence-corrected chi connectivity index (χ1v) is 20.5. The zero-order valence-corrected chi connectivity index (χ0v) is 32.0. The lowest BCUT2D eigenvalue weighted by atomic mass is 9.77. The number of hydrogen-bond acceptors (Lipinski definition) is 8. The average Bonchev–Trinajstić information content (AvgIpc) is 3.06. The summed E-state index contributed by atoms with van der Waals surface area (Å²) in [7, 11) is -0.572. The smallest absolute Gasteiger partial charge is 0.192 e. The maximum Gasteiger partial charge on any atom is 0.192 e. The van der Waals surface area contributed by atoms with Gasteiger partial charge in [-0.15, -0.1) is 0 Å². The minimum atomic E-state index is -2.20. The molecule has 2 aliphatic rings. The Morgan fingerprint density at radius 1 is 1.00 bits per heavy atom. The van der Waals surface area contributed by atoms with Crippen molar-refractivity contribution in [2.24, 2.45) is 0 Å². The van der Waals surface area contributed by atoms with Gasteiger partial charge in [0.25, 0.3) is 0 Å². The van der Waals surface area contributed by atoms with Crippen LogP contribution in [0.15, 0.2) is 84.5 Å². The van der Waals surface area contributed by atoms with E-state index in [-0.39, 0.29) is 42.9 Å². The van der Waals surface area contributed by atoms with Crippen LogP contribution in [-0.2, 0) is 46.1 Å². The second kappa shape index (κ2) is 17.8. The van der Waals surface area contributed by atoms with Gasteiger partial charge < -0.3 is 38.0 Å². The van der Waals surface area contributed by atoms with E-state index in [1.54, 1.807) is 7.11 Å². The van der Waals surface area contributed by atoms with Crippen molar-refractivity contribution in [2.75, 3.05) is 27.1 Å². The highest BCUT2D eigenvalue weighted by Crippen LogP contribution is 2.47.